The number of fused-ring (bicyclic) bond motifs is 1. The zero-order valence-corrected chi connectivity index (χ0v) is 13.1. The largest absolute Gasteiger partial charge is 0.364 e. The normalized spacial score (nSPS) is 15.0. The molecule has 0 unspecified atom stereocenters. The number of aryl methyl sites for hydroxylation is 3. The van der Waals surface area contributed by atoms with Gasteiger partial charge in [0.05, 0.1) is 0 Å². The predicted molar refractivity (Wildman–Crippen MR) is 82.3 cm³/mol. The first-order valence-corrected chi connectivity index (χ1v) is 7.61. The first-order valence-electron chi connectivity index (χ1n) is 7.61. The molecule has 22 heavy (non-hydrogen) atoms. The van der Waals surface area contributed by atoms with Crippen LogP contribution in [0.4, 0.5) is 0 Å². The van der Waals surface area contributed by atoms with Crippen molar-refractivity contribution in [1.82, 2.24) is 24.2 Å². The van der Waals surface area contributed by atoms with E-state index in [9.17, 15) is 4.79 Å². The molecule has 0 spiro atoms. The zero-order chi connectivity index (χ0) is 15.7. The van der Waals surface area contributed by atoms with Crippen molar-refractivity contribution in [3.63, 3.8) is 0 Å². The molecule has 118 valence electrons. The van der Waals surface area contributed by atoms with Gasteiger partial charge in [-0.1, -0.05) is 0 Å². The van der Waals surface area contributed by atoms with E-state index in [4.69, 9.17) is 5.73 Å². The van der Waals surface area contributed by atoms with Gasteiger partial charge in [0.25, 0.3) is 5.91 Å². The highest BCUT2D eigenvalue weighted by Gasteiger charge is 2.25. The van der Waals surface area contributed by atoms with E-state index in [0.29, 0.717) is 5.69 Å². The number of carbonyl (C=O) groups excluding carboxylic acids is 1. The van der Waals surface area contributed by atoms with Gasteiger partial charge in [-0.15, -0.1) is 0 Å². The molecular formula is C15H22N6O. The highest BCUT2D eigenvalue weighted by atomic mass is 16.1. The van der Waals surface area contributed by atoms with E-state index in [1.807, 2.05) is 26.4 Å². The van der Waals surface area contributed by atoms with Gasteiger partial charge in [-0.05, 0) is 13.3 Å². The molecule has 2 aromatic rings. The summed E-state index contributed by atoms with van der Waals surface area (Å²) in [5.74, 6) is 0.608. The molecule has 0 aromatic carbocycles. The maximum atomic E-state index is 11.5. The van der Waals surface area contributed by atoms with E-state index in [-0.39, 0.29) is 0 Å². The van der Waals surface area contributed by atoms with Gasteiger partial charge < -0.3 is 10.3 Å². The topological polar surface area (TPSA) is 82.0 Å². The average Bonchev–Trinajstić information content (AvgIpc) is 3.03. The van der Waals surface area contributed by atoms with Crippen LogP contribution in [0.25, 0.3) is 0 Å². The Bertz CT molecular complexity index is 686. The van der Waals surface area contributed by atoms with Crippen LogP contribution in [0.1, 0.15) is 34.0 Å². The molecule has 1 aliphatic heterocycles. The molecule has 3 heterocycles. The number of nitrogens with zero attached hydrogens (tertiary/aromatic N) is 5. The lowest BCUT2D eigenvalue weighted by Crippen LogP contribution is -2.33. The number of imidazole rings is 1. The second-order valence-electron chi connectivity index (χ2n) is 5.81. The highest BCUT2D eigenvalue weighted by Crippen LogP contribution is 2.22. The molecule has 2 aromatic heterocycles. The third kappa shape index (κ3) is 2.76. The van der Waals surface area contributed by atoms with E-state index in [1.165, 1.54) is 0 Å². The molecule has 1 amide bonds. The molecule has 2 N–H and O–H groups in total. The lowest BCUT2D eigenvalue weighted by Gasteiger charge is -2.27. The summed E-state index contributed by atoms with van der Waals surface area (Å²) in [7, 11) is 1.88. The summed E-state index contributed by atoms with van der Waals surface area (Å²) in [4.78, 5) is 18.1. The lowest BCUT2D eigenvalue weighted by molar-refractivity contribution is 0.0992. The van der Waals surface area contributed by atoms with Crippen LogP contribution in [-0.2, 0) is 26.6 Å². The van der Waals surface area contributed by atoms with Crippen molar-refractivity contribution in [1.29, 1.82) is 0 Å². The van der Waals surface area contributed by atoms with Gasteiger partial charge in [-0.2, -0.15) is 5.10 Å². The van der Waals surface area contributed by atoms with Gasteiger partial charge in [0, 0.05) is 63.3 Å². The molecule has 1 aliphatic rings. The van der Waals surface area contributed by atoms with Crippen LogP contribution in [0.15, 0.2) is 12.4 Å². The number of hydrogen-bond donors (Lipinski definition) is 1. The Morgan fingerprint density at radius 3 is 2.91 bits per heavy atom. The first-order chi connectivity index (χ1) is 10.6. The second-order valence-corrected chi connectivity index (χ2v) is 5.81. The van der Waals surface area contributed by atoms with Crippen LogP contribution >= 0.6 is 0 Å². The van der Waals surface area contributed by atoms with Gasteiger partial charge in [-0.25, -0.2) is 4.98 Å². The van der Waals surface area contributed by atoms with Crippen LogP contribution in [-0.4, -0.2) is 43.2 Å². The third-order valence-electron chi connectivity index (χ3n) is 4.35. The number of amides is 1. The molecule has 0 saturated carbocycles. The van der Waals surface area contributed by atoms with E-state index < -0.39 is 5.91 Å². The highest BCUT2D eigenvalue weighted by molar-refractivity contribution is 5.92. The minimum Gasteiger partial charge on any atom is -0.364 e. The molecule has 7 nitrogen and oxygen atoms in total. The van der Waals surface area contributed by atoms with E-state index >= 15 is 0 Å². The smallest absolute Gasteiger partial charge is 0.269 e. The van der Waals surface area contributed by atoms with Crippen molar-refractivity contribution in [3.8, 4) is 0 Å². The van der Waals surface area contributed by atoms with Gasteiger partial charge in [-0.3, -0.25) is 14.4 Å². The summed E-state index contributed by atoms with van der Waals surface area (Å²) in [6.07, 6.45) is 5.81. The predicted octanol–water partition coefficient (Wildman–Crippen LogP) is 0.472. The molecular weight excluding hydrogens is 280 g/mol. The van der Waals surface area contributed by atoms with Crippen molar-refractivity contribution < 1.29 is 4.79 Å². The summed E-state index contributed by atoms with van der Waals surface area (Å²) in [6, 6.07) is 0. The van der Waals surface area contributed by atoms with Gasteiger partial charge >= 0.3 is 0 Å². The van der Waals surface area contributed by atoms with E-state index in [0.717, 1.165) is 56.1 Å². The summed E-state index contributed by atoms with van der Waals surface area (Å²) in [5, 5.41) is 4.26. The molecule has 0 aliphatic carbocycles. The monoisotopic (exact) mass is 302 g/mol. The van der Waals surface area contributed by atoms with Crippen LogP contribution in [0.5, 0.6) is 0 Å². The molecule has 7 heteroatoms. The quantitative estimate of drug-likeness (QED) is 0.870. The molecule has 0 fully saturated rings. The summed E-state index contributed by atoms with van der Waals surface area (Å²) >= 11 is 0. The van der Waals surface area contributed by atoms with Gasteiger partial charge in [0.1, 0.15) is 5.82 Å². The van der Waals surface area contributed by atoms with Crippen molar-refractivity contribution in [3.05, 3.63) is 35.2 Å². The van der Waals surface area contributed by atoms with Crippen LogP contribution < -0.4 is 5.73 Å². The van der Waals surface area contributed by atoms with E-state index in [2.05, 4.69) is 19.5 Å². The minimum absolute atomic E-state index is 0.424. The SMILES string of the molecule is Cc1nccn1CCCN1CCc2c(c(C(N)=O)nn2C)C1. The van der Waals surface area contributed by atoms with Crippen molar-refractivity contribution in [2.75, 3.05) is 13.1 Å². The van der Waals surface area contributed by atoms with Gasteiger partial charge in [0.15, 0.2) is 5.69 Å². The molecule has 0 bridgehead atoms. The Morgan fingerprint density at radius 2 is 2.23 bits per heavy atom. The number of carbonyl (C=O) groups is 1. The number of aromatic nitrogens is 4. The van der Waals surface area contributed by atoms with Crippen molar-refractivity contribution in [2.24, 2.45) is 12.8 Å². The average molecular weight is 302 g/mol. The van der Waals surface area contributed by atoms with Crippen LogP contribution in [0.2, 0.25) is 0 Å². The molecule has 0 saturated heterocycles. The Kier molecular flexibility index (Phi) is 3.98. The van der Waals surface area contributed by atoms with Crippen LogP contribution in [0, 0.1) is 6.92 Å². The maximum absolute atomic E-state index is 11.5. The lowest BCUT2D eigenvalue weighted by atomic mass is 10.0. The number of nitrogens with two attached hydrogens (primary N) is 1. The molecule has 0 atom stereocenters. The number of hydrogen-bond acceptors (Lipinski definition) is 4. The van der Waals surface area contributed by atoms with E-state index in [1.54, 1.807) is 4.68 Å². The number of rotatable bonds is 5. The Balaban J connectivity index is 1.62. The third-order valence-corrected chi connectivity index (χ3v) is 4.35. The molecule has 3 rings (SSSR count). The van der Waals surface area contributed by atoms with Gasteiger partial charge in [0.2, 0.25) is 0 Å². The summed E-state index contributed by atoms with van der Waals surface area (Å²) in [5.41, 5.74) is 7.99. The van der Waals surface area contributed by atoms with Crippen LogP contribution in [0.3, 0.4) is 0 Å². The Labute approximate surface area is 129 Å². The maximum Gasteiger partial charge on any atom is 0.269 e. The Hall–Kier alpha value is -2.15. The van der Waals surface area contributed by atoms with Crippen molar-refractivity contribution in [2.45, 2.75) is 32.9 Å². The Morgan fingerprint density at radius 1 is 1.41 bits per heavy atom. The summed E-state index contributed by atoms with van der Waals surface area (Å²) < 4.78 is 3.95. The standard InChI is InChI=1S/C15H22N6O/c1-11-17-5-9-21(11)7-3-6-20-8-4-13-12(10-20)14(15(16)22)18-19(13)2/h5,9H,3-4,6-8,10H2,1-2H3,(H2,16,22). The molecule has 0 radical (unpaired) electrons. The zero-order valence-electron chi connectivity index (χ0n) is 13.1. The van der Waals surface area contributed by atoms with Crippen molar-refractivity contribution >= 4 is 5.91 Å². The first kappa shape index (κ1) is 14.8. The fraction of sp³-hybridized carbons (Fsp3) is 0.533. The second kappa shape index (κ2) is 5.92. The number of primary amides is 1. The minimum atomic E-state index is -0.437. The fourth-order valence-corrected chi connectivity index (χ4v) is 3.14. The summed E-state index contributed by atoms with van der Waals surface area (Å²) in [6.45, 7) is 5.72. The fourth-order valence-electron chi connectivity index (χ4n) is 3.14.